The maximum Gasteiger partial charge on any atom is 0.0518 e. The Hall–Kier alpha value is -1.06. The van der Waals surface area contributed by atoms with Gasteiger partial charge in [-0.1, -0.05) is 12.1 Å². The second-order valence-corrected chi connectivity index (χ2v) is 5.94. The molecule has 0 unspecified atom stereocenters. The van der Waals surface area contributed by atoms with Crippen molar-refractivity contribution < 1.29 is 4.74 Å². The summed E-state index contributed by atoms with van der Waals surface area (Å²) in [4.78, 5) is 2.33. The van der Waals surface area contributed by atoms with Crippen LogP contribution in [0.4, 0.5) is 5.69 Å². The van der Waals surface area contributed by atoms with E-state index in [0.29, 0.717) is 6.10 Å². The minimum atomic E-state index is 0.354. The summed E-state index contributed by atoms with van der Waals surface area (Å²) < 4.78 is 5.53. The SMILES string of the molecule is CC(C)OCCCCNCc1ccc2c(c1)CCN2C. The van der Waals surface area contributed by atoms with Crippen molar-refractivity contribution in [2.45, 2.75) is 45.8 Å². The van der Waals surface area contributed by atoms with E-state index in [4.69, 9.17) is 4.74 Å². The molecular weight excluding hydrogens is 248 g/mol. The van der Waals surface area contributed by atoms with Crippen molar-refractivity contribution in [2.75, 3.05) is 31.6 Å². The molecule has 2 rings (SSSR count). The van der Waals surface area contributed by atoms with Crippen LogP contribution in [0.5, 0.6) is 0 Å². The molecule has 0 saturated carbocycles. The first-order chi connectivity index (χ1) is 9.66. The van der Waals surface area contributed by atoms with E-state index in [0.717, 1.165) is 32.7 Å². The maximum atomic E-state index is 5.53. The van der Waals surface area contributed by atoms with Gasteiger partial charge >= 0.3 is 0 Å². The van der Waals surface area contributed by atoms with Gasteiger partial charge in [-0.05, 0) is 56.8 Å². The summed E-state index contributed by atoms with van der Waals surface area (Å²) in [5.74, 6) is 0. The van der Waals surface area contributed by atoms with Crippen molar-refractivity contribution >= 4 is 5.69 Å². The molecule has 1 heterocycles. The molecule has 0 spiro atoms. The van der Waals surface area contributed by atoms with Gasteiger partial charge in [-0.25, -0.2) is 0 Å². The first-order valence-electron chi connectivity index (χ1n) is 7.82. The van der Waals surface area contributed by atoms with Crippen LogP contribution in [0.2, 0.25) is 0 Å². The highest BCUT2D eigenvalue weighted by atomic mass is 16.5. The fourth-order valence-electron chi connectivity index (χ4n) is 2.63. The molecular formula is C17H28N2O. The van der Waals surface area contributed by atoms with Crippen molar-refractivity contribution in [3.05, 3.63) is 29.3 Å². The number of anilines is 1. The van der Waals surface area contributed by atoms with Gasteiger partial charge in [-0.15, -0.1) is 0 Å². The highest BCUT2D eigenvalue weighted by Gasteiger charge is 2.15. The van der Waals surface area contributed by atoms with E-state index in [-0.39, 0.29) is 0 Å². The van der Waals surface area contributed by atoms with Gasteiger partial charge in [-0.2, -0.15) is 0 Å². The number of hydrogen-bond donors (Lipinski definition) is 1. The lowest BCUT2D eigenvalue weighted by molar-refractivity contribution is 0.0760. The third-order valence-corrected chi connectivity index (χ3v) is 3.80. The zero-order valence-electron chi connectivity index (χ0n) is 13.1. The van der Waals surface area contributed by atoms with Gasteiger partial charge in [0.2, 0.25) is 0 Å². The summed E-state index contributed by atoms with van der Waals surface area (Å²) in [6, 6.07) is 6.86. The molecule has 1 aromatic carbocycles. The Balaban J connectivity index is 1.63. The number of ether oxygens (including phenoxy) is 1. The van der Waals surface area contributed by atoms with Gasteiger partial charge in [0.05, 0.1) is 6.10 Å². The molecule has 3 nitrogen and oxygen atoms in total. The molecule has 0 atom stereocenters. The molecule has 0 aromatic heterocycles. The molecule has 1 aliphatic heterocycles. The van der Waals surface area contributed by atoms with Gasteiger partial charge in [0.25, 0.3) is 0 Å². The molecule has 0 bridgehead atoms. The number of fused-ring (bicyclic) bond motifs is 1. The minimum Gasteiger partial charge on any atom is -0.379 e. The summed E-state index contributed by atoms with van der Waals surface area (Å²) in [7, 11) is 2.17. The minimum absolute atomic E-state index is 0.354. The second kappa shape index (κ2) is 7.65. The van der Waals surface area contributed by atoms with E-state index >= 15 is 0 Å². The molecule has 1 aliphatic rings. The standard InChI is InChI=1S/C17H28N2O/c1-14(2)20-11-5-4-9-18-13-15-6-7-17-16(12-15)8-10-19(17)3/h6-7,12,14,18H,4-5,8-11,13H2,1-3H3. The summed E-state index contributed by atoms with van der Waals surface area (Å²) in [5, 5.41) is 3.52. The quantitative estimate of drug-likeness (QED) is 0.739. The Morgan fingerprint density at radius 1 is 1.30 bits per heavy atom. The van der Waals surface area contributed by atoms with Crippen LogP contribution in [-0.4, -0.2) is 32.8 Å². The molecule has 1 aromatic rings. The van der Waals surface area contributed by atoms with Gasteiger partial charge < -0.3 is 15.0 Å². The number of rotatable bonds is 8. The monoisotopic (exact) mass is 276 g/mol. The smallest absolute Gasteiger partial charge is 0.0518 e. The lowest BCUT2D eigenvalue weighted by Crippen LogP contribution is -2.16. The molecule has 0 radical (unpaired) electrons. The van der Waals surface area contributed by atoms with Crippen LogP contribution in [0, 0.1) is 0 Å². The predicted molar refractivity (Wildman–Crippen MR) is 85.4 cm³/mol. The zero-order valence-corrected chi connectivity index (χ0v) is 13.1. The van der Waals surface area contributed by atoms with Crippen LogP contribution >= 0.6 is 0 Å². The highest BCUT2D eigenvalue weighted by molar-refractivity contribution is 5.58. The number of nitrogens with zero attached hydrogens (tertiary/aromatic N) is 1. The number of hydrogen-bond acceptors (Lipinski definition) is 3. The van der Waals surface area contributed by atoms with E-state index in [9.17, 15) is 0 Å². The Morgan fingerprint density at radius 3 is 2.95 bits per heavy atom. The third-order valence-electron chi connectivity index (χ3n) is 3.80. The van der Waals surface area contributed by atoms with Crippen LogP contribution in [0.3, 0.4) is 0 Å². The molecule has 0 saturated heterocycles. The molecule has 20 heavy (non-hydrogen) atoms. The summed E-state index contributed by atoms with van der Waals surface area (Å²) in [6.07, 6.45) is 3.86. The first-order valence-corrected chi connectivity index (χ1v) is 7.82. The molecule has 112 valence electrons. The Bertz CT molecular complexity index is 417. The number of likely N-dealkylation sites (N-methyl/N-ethyl adjacent to an activating group) is 1. The lowest BCUT2D eigenvalue weighted by Gasteiger charge is -2.12. The lowest BCUT2D eigenvalue weighted by atomic mass is 10.1. The fraction of sp³-hybridized carbons (Fsp3) is 0.647. The summed E-state index contributed by atoms with van der Waals surface area (Å²) in [5.41, 5.74) is 4.30. The van der Waals surface area contributed by atoms with Crippen LogP contribution in [-0.2, 0) is 17.7 Å². The van der Waals surface area contributed by atoms with Crippen molar-refractivity contribution in [1.82, 2.24) is 5.32 Å². The average Bonchev–Trinajstić information content (AvgIpc) is 2.78. The number of nitrogens with one attached hydrogen (secondary N) is 1. The maximum absolute atomic E-state index is 5.53. The third kappa shape index (κ3) is 4.50. The van der Waals surface area contributed by atoms with E-state index < -0.39 is 0 Å². The van der Waals surface area contributed by atoms with E-state index in [1.807, 2.05) is 0 Å². The molecule has 0 amide bonds. The van der Waals surface area contributed by atoms with Crippen molar-refractivity contribution in [1.29, 1.82) is 0 Å². The Morgan fingerprint density at radius 2 is 2.15 bits per heavy atom. The summed E-state index contributed by atoms with van der Waals surface area (Å²) in [6.45, 7) is 8.25. The van der Waals surface area contributed by atoms with Crippen LogP contribution < -0.4 is 10.2 Å². The van der Waals surface area contributed by atoms with Gasteiger partial charge in [0.1, 0.15) is 0 Å². The van der Waals surface area contributed by atoms with Crippen molar-refractivity contribution in [3.63, 3.8) is 0 Å². The normalized spacial score (nSPS) is 14.1. The first kappa shape index (κ1) is 15.3. The Kier molecular flexibility index (Phi) is 5.86. The molecule has 0 aliphatic carbocycles. The summed E-state index contributed by atoms with van der Waals surface area (Å²) >= 11 is 0. The van der Waals surface area contributed by atoms with E-state index in [1.54, 1.807) is 0 Å². The largest absolute Gasteiger partial charge is 0.379 e. The average molecular weight is 276 g/mol. The zero-order chi connectivity index (χ0) is 14.4. The molecule has 0 fully saturated rings. The van der Waals surface area contributed by atoms with E-state index in [2.05, 4.69) is 49.3 Å². The molecule has 1 N–H and O–H groups in total. The van der Waals surface area contributed by atoms with Crippen molar-refractivity contribution in [2.24, 2.45) is 0 Å². The second-order valence-electron chi connectivity index (χ2n) is 5.94. The Labute approximate surface area is 123 Å². The van der Waals surface area contributed by atoms with Gasteiger partial charge in [0.15, 0.2) is 0 Å². The van der Waals surface area contributed by atoms with Gasteiger partial charge in [0, 0.05) is 32.4 Å². The van der Waals surface area contributed by atoms with Gasteiger partial charge in [-0.3, -0.25) is 0 Å². The molecule has 3 heteroatoms. The highest BCUT2D eigenvalue weighted by Crippen LogP contribution is 2.27. The topological polar surface area (TPSA) is 24.5 Å². The van der Waals surface area contributed by atoms with Crippen LogP contribution in [0.25, 0.3) is 0 Å². The van der Waals surface area contributed by atoms with Crippen LogP contribution in [0.1, 0.15) is 37.8 Å². The van der Waals surface area contributed by atoms with Crippen molar-refractivity contribution in [3.8, 4) is 0 Å². The number of unbranched alkanes of at least 4 members (excludes halogenated alkanes) is 1. The van der Waals surface area contributed by atoms with E-state index in [1.165, 1.54) is 29.7 Å². The number of benzene rings is 1. The van der Waals surface area contributed by atoms with Crippen LogP contribution in [0.15, 0.2) is 18.2 Å². The fourth-order valence-corrected chi connectivity index (χ4v) is 2.63. The predicted octanol–water partition coefficient (Wildman–Crippen LogP) is 2.97.